The van der Waals surface area contributed by atoms with E-state index in [1.54, 1.807) is 48.1 Å². The molecule has 6 heteroatoms. The number of carbonyl (C=O) groups is 2. The van der Waals surface area contributed by atoms with Crippen molar-refractivity contribution in [2.75, 3.05) is 19.7 Å². The first-order valence-corrected chi connectivity index (χ1v) is 8.83. The van der Waals surface area contributed by atoms with Gasteiger partial charge in [-0.15, -0.1) is 0 Å². The molecule has 1 fully saturated rings. The molecule has 1 amide bonds. The Morgan fingerprint density at radius 1 is 1.12 bits per heavy atom. The maximum Gasteiger partial charge on any atom is 0.338 e. The molecule has 0 radical (unpaired) electrons. The number of piperidine rings is 1. The van der Waals surface area contributed by atoms with Crippen molar-refractivity contribution in [3.8, 4) is 11.8 Å². The van der Waals surface area contributed by atoms with Crippen molar-refractivity contribution >= 4 is 11.9 Å². The average Bonchev–Trinajstić information content (AvgIpc) is 3.13. The van der Waals surface area contributed by atoms with Gasteiger partial charge in [-0.05, 0) is 50.5 Å². The van der Waals surface area contributed by atoms with E-state index in [4.69, 9.17) is 4.74 Å². The summed E-state index contributed by atoms with van der Waals surface area (Å²) in [7, 11) is 0. The number of amides is 1. The van der Waals surface area contributed by atoms with Gasteiger partial charge in [0.1, 0.15) is 6.07 Å². The van der Waals surface area contributed by atoms with Crippen LogP contribution in [0, 0.1) is 11.3 Å². The molecule has 1 saturated heterocycles. The molecule has 2 aromatic rings. The second kappa shape index (κ2) is 7.87. The smallest absolute Gasteiger partial charge is 0.338 e. The van der Waals surface area contributed by atoms with E-state index < -0.39 is 0 Å². The SMILES string of the molecule is CCOC(=O)c1ccc(-n2cc(C#N)c(C(=O)N3CCCCC3)c2)cc1. The molecule has 1 aliphatic heterocycles. The zero-order valence-corrected chi connectivity index (χ0v) is 14.8. The third kappa shape index (κ3) is 3.62. The average molecular weight is 351 g/mol. The summed E-state index contributed by atoms with van der Waals surface area (Å²) >= 11 is 0. The predicted molar refractivity (Wildman–Crippen MR) is 96.2 cm³/mol. The largest absolute Gasteiger partial charge is 0.462 e. The van der Waals surface area contributed by atoms with Gasteiger partial charge in [-0.25, -0.2) is 4.79 Å². The molecule has 0 bridgehead atoms. The van der Waals surface area contributed by atoms with Crippen LogP contribution in [-0.4, -0.2) is 41.0 Å². The van der Waals surface area contributed by atoms with Crippen LogP contribution < -0.4 is 0 Å². The quantitative estimate of drug-likeness (QED) is 0.793. The molecule has 2 heterocycles. The van der Waals surface area contributed by atoms with Crippen LogP contribution in [0.25, 0.3) is 5.69 Å². The normalized spacial score (nSPS) is 13.9. The number of rotatable bonds is 4. The molecule has 26 heavy (non-hydrogen) atoms. The topological polar surface area (TPSA) is 75.3 Å². The molecule has 1 aliphatic rings. The minimum Gasteiger partial charge on any atom is -0.462 e. The number of likely N-dealkylation sites (tertiary alicyclic amines) is 1. The van der Waals surface area contributed by atoms with E-state index in [-0.39, 0.29) is 11.9 Å². The molecule has 134 valence electrons. The molecule has 0 N–H and O–H groups in total. The number of hydrogen-bond donors (Lipinski definition) is 0. The predicted octanol–water partition coefficient (Wildman–Crippen LogP) is 3.15. The van der Waals surface area contributed by atoms with E-state index in [1.807, 2.05) is 4.90 Å². The van der Waals surface area contributed by atoms with Gasteiger partial charge in [0, 0.05) is 31.2 Å². The van der Waals surface area contributed by atoms with Gasteiger partial charge in [0.25, 0.3) is 5.91 Å². The fourth-order valence-corrected chi connectivity index (χ4v) is 3.11. The number of carbonyl (C=O) groups excluding carboxylic acids is 2. The van der Waals surface area contributed by atoms with E-state index in [9.17, 15) is 14.9 Å². The molecular weight excluding hydrogens is 330 g/mol. The van der Waals surface area contributed by atoms with E-state index in [0.29, 0.717) is 23.3 Å². The lowest BCUT2D eigenvalue weighted by Crippen LogP contribution is -2.35. The van der Waals surface area contributed by atoms with Crippen LogP contribution in [-0.2, 0) is 4.74 Å². The Hall–Kier alpha value is -3.07. The van der Waals surface area contributed by atoms with Gasteiger partial charge >= 0.3 is 5.97 Å². The molecule has 6 nitrogen and oxygen atoms in total. The fourth-order valence-electron chi connectivity index (χ4n) is 3.11. The van der Waals surface area contributed by atoms with Crippen LogP contribution in [0.2, 0.25) is 0 Å². The molecule has 0 spiro atoms. The number of aromatic nitrogens is 1. The highest BCUT2D eigenvalue weighted by atomic mass is 16.5. The zero-order valence-electron chi connectivity index (χ0n) is 14.8. The number of hydrogen-bond acceptors (Lipinski definition) is 4. The molecule has 3 rings (SSSR count). The third-order valence-corrected chi connectivity index (χ3v) is 4.50. The van der Waals surface area contributed by atoms with E-state index in [2.05, 4.69) is 6.07 Å². The molecular formula is C20H21N3O3. The van der Waals surface area contributed by atoms with Crippen LogP contribution in [0.1, 0.15) is 52.5 Å². The summed E-state index contributed by atoms with van der Waals surface area (Å²) in [6, 6.07) is 8.99. The van der Waals surface area contributed by atoms with Crippen molar-refractivity contribution < 1.29 is 14.3 Å². The highest BCUT2D eigenvalue weighted by Gasteiger charge is 2.22. The van der Waals surface area contributed by atoms with Gasteiger partial charge in [0.05, 0.1) is 23.3 Å². The summed E-state index contributed by atoms with van der Waals surface area (Å²) in [5.74, 6) is -0.464. The van der Waals surface area contributed by atoms with Crippen LogP contribution >= 0.6 is 0 Å². The maximum atomic E-state index is 12.7. The Bertz CT molecular complexity index is 840. The lowest BCUT2D eigenvalue weighted by molar-refractivity contribution is 0.0526. The van der Waals surface area contributed by atoms with Crippen LogP contribution in [0.4, 0.5) is 0 Å². The molecule has 1 aromatic heterocycles. The van der Waals surface area contributed by atoms with Crippen molar-refractivity contribution in [2.45, 2.75) is 26.2 Å². The highest BCUT2D eigenvalue weighted by molar-refractivity contribution is 5.96. The van der Waals surface area contributed by atoms with Gasteiger partial charge in [-0.1, -0.05) is 0 Å². The van der Waals surface area contributed by atoms with Crippen molar-refractivity contribution in [1.29, 1.82) is 5.26 Å². The van der Waals surface area contributed by atoms with Crippen LogP contribution in [0.5, 0.6) is 0 Å². The van der Waals surface area contributed by atoms with Gasteiger partial charge < -0.3 is 14.2 Å². The molecule has 0 atom stereocenters. The fraction of sp³-hybridized carbons (Fsp3) is 0.350. The van der Waals surface area contributed by atoms with Gasteiger partial charge in [0.15, 0.2) is 0 Å². The van der Waals surface area contributed by atoms with Gasteiger partial charge in [-0.2, -0.15) is 5.26 Å². The van der Waals surface area contributed by atoms with Gasteiger partial charge in [-0.3, -0.25) is 4.79 Å². The first kappa shape index (κ1) is 17.7. The standard InChI is InChI=1S/C20H21N3O3/c1-2-26-20(25)15-6-8-17(9-7-15)23-13-16(12-21)18(14-23)19(24)22-10-4-3-5-11-22/h6-9,13-14H,2-5,10-11H2,1H3. The minimum absolute atomic E-state index is 0.0943. The lowest BCUT2D eigenvalue weighted by Gasteiger charge is -2.26. The van der Waals surface area contributed by atoms with Crippen LogP contribution in [0.3, 0.4) is 0 Å². The first-order valence-electron chi connectivity index (χ1n) is 8.83. The summed E-state index contributed by atoms with van der Waals surface area (Å²) in [4.78, 5) is 26.3. The summed E-state index contributed by atoms with van der Waals surface area (Å²) in [6.45, 7) is 3.56. The summed E-state index contributed by atoms with van der Waals surface area (Å²) in [5.41, 5.74) is 2.01. The Morgan fingerprint density at radius 3 is 2.42 bits per heavy atom. The second-order valence-corrected chi connectivity index (χ2v) is 6.22. The lowest BCUT2D eigenvalue weighted by atomic mass is 10.1. The number of benzene rings is 1. The Labute approximate surface area is 152 Å². The maximum absolute atomic E-state index is 12.7. The van der Waals surface area contributed by atoms with E-state index >= 15 is 0 Å². The molecule has 0 unspecified atom stereocenters. The number of ether oxygens (including phenoxy) is 1. The Kier molecular flexibility index (Phi) is 5.37. The monoisotopic (exact) mass is 351 g/mol. The summed E-state index contributed by atoms with van der Waals surface area (Å²) in [5, 5.41) is 9.41. The summed E-state index contributed by atoms with van der Waals surface area (Å²) in [6.07, 6.45) is 6.49. The van der Waals surface area contributed by atoms with Crippen molar-refractivity contribution in [1.82, 2.24) is 9.47 Å². The Balaban J connectivity index is 1.85. The highest BCUT2D eigenvalue weighted by Crippen LogP contribution is 2.20. The number of esters is 1. The molecule has 0 saturated carbocycles. The van der Waals surface area contributed by atoms with Crippen molar-refractivity contribution in [2.24, 2.45) is 0 Å². The Morgan fingerprint density at radius 2 is 1.81 bits per heavy atom. The zero-order chi connectivity index (χ0) is 18.5. The molecule has 0 aliphatic carbocycles. The minimum atomic E-state index is -0.370. The number of nitrogens with zero attached hydrogens (tertiary/aromatic N) is 3. The summed E-state index contributed by atoms with van der Waals surface area (Å²) < 4.78 is 6.71. The second-order valence-electron chi connectivity index (χ2n) is 6.22. The van der Waals surface area contributed by atoms with E-state index in [1.165, 1.54) is 0 Å². The number of nitriles is 1. The van der Waals surface area contributed by atoms with Crippen molar-refractivity contribution in [3.63, 3.8) is 0 Å². The third-order valence-electron chi connectivity index (χ3n) is 4.50. The van der Waals surface area contributed by atoms with Crippen LogP contribution in [0.15, 0.2) is 36.7 Å². The van der Waals surface area contributed by atoms with Crippen molar-refractivity contribution in [3.05, 3.63) is 53.3 Å². The van der Waals surface area contributed by atoms with E-state index in [0.717, 1.165) is 38.0 Å². The first-order chi connectivity index (χ1) is 12.6. The van der Waals surface area contributed by atoms with Gasteiger partial charge in [0.2, 0.25) is 0 Å². The molecule has 1 aromatic carbocycles.